The second-order valence-corrected chi connectivity index (χ2v) is 35.1. The van der Waals surface area contributed by atoms with Gasteiger partial charge < -0.3 is 18.6 Å². The van der Waals surface area contributed by atoms with Crippen LogP contribution in [0.4, 0.5) is 17.1 Å². The Morgan fingerprint density at radius 1 is 0.239 bits per heavy atom. The number of nitrogens with zero attached hydrogens (tertiary/aromatic N) is 4. The summed E-state index contributed by atoms with van der Waals surface area (Å²) in [6, 6.07) is 117. The van der Waals surface area contributed by atoms with E-state index in [-0.39, 0.29) is 10.8 Å². The predicted molar refractivity (Wildman–Crippen MR) is 396 cm³/mol. The molecule has 440 valence electrons. The molecule has 13 aromatic carbocycles. The molecule has 0 amide bonds. The number of aromatic nitrogens is 3. The van der Waals surface area contributed by atoms with Crippen molar-refractivity contribution >= 4 is 140 Å². The van der Waals surface area contributed by atoms with Gasteiger partial charge in [0.15, 0.2) is 16.1 Å². The Bertz CT molecular complexity index is 5520. The molecule has 18 rings (SSSR count). The third-order valence-corrected chi connectivity index (χ3v) is 30.3. The van der Waals surface area contributed by atoms with Crippen LogP contribution in [-0.4, -0.2) is 29.8 Å². The molecule has 0 bridgehead atoms. The van der Waals surface area contributed by atoms with Gasteiger partial charge in [-0.2, -0.15) is 0 Å². The van der Waals surface area contributed by atoms with Crippen molar-refractivity contribution in [2.24, 2.45) is 0 Å². The first kappa shape index (κ1) is 54.4. The smallest absolute Gasteiger partial charge is 0.184 e. The zero-order valence-corrected chi connectivity index (χ0v) is 54.7. The first-order valence-corrected chi connectivity index (χ1v) is 36.5. The van der Waals surface area contributed by atoms with E-state index in [1.807, 2.05) is 0 Å². The van der Waals surface area contributed by atoms with Crippen molar-refractivity contribution in [1.29, 1.82) is 0 Å². The number of fused-ring (bicyclic) bond motifs is 13. The highest BCUT2D eigenvalue weighted by Crippen LogP contribution is 2.45. The van der Waals surface area contributed by atoms with Gasteiger partial charge in [0.25, 0.3) is 0 Å². The van der Waals surface area contributed by atoms with Crippen molar-refractivity contribution in [2.75, 3.05) is 4.90 Å². The minimum atomic E-state index is -3.28. The van der Waals surface area contributed by atoms with Gasteiger partial charge in [0, 0.05) is 66.4 Å². The van der Waals surface area contributed by atoms with Gasteiger partial charge in [-0.15, -0.1) is 0 Å². The monoisotopic (exact) mass is 1210 g/mol. The van der Waals surface area contributed by atoms with Gasteiger partial charge in [-0.05, 0) is 161 Å². The van der Waals surface area contributed by atoms with E-state index in [4.69, 9.17) is 0 Å². The lowest BCUT2D eigenvalue weighted by molar-refractivity contribution is 0.590. The molecular weight excluding hydrogens is 1150 g/mol. The van der Waals surface area contributed by atoms with Crippen molar-refractivity contribution in [3.8, 4) is 17.1 Å². The maximum atomic E-state index is 2.69. The summed E-state index contributed by atoms with van der Waals surface area (Å²) in [4.78, 5) is 2.69. The Morgan fingerprint density at radius 3 is 1.12 bits per heavy atom. The van der Waals surface area contributed by atoms with E-state index in [0.29, 0.717) is 0 Å². The molecule has 0 spiro atoms. The van der Waals surface area contributed by atoms with Gasteiger partial charge in [-0.1, -0.05) is 248 Å². The van der Waals surface area contributed by atoms with Gasteiger partial charge in [0.05, 0.1) is 33.1 Å². The highest BCUT2D eigenvalue weighted by atomic mass is 28.3. The second kappa shape index (κ2) is 20.0. The molecule has 0 aliphatic carbocycles. The first-order valence-electron chi connectivity index (χ1n) is 32.5. The van der Waals surface area contributed by atoms with Gasteiger partial charge in [0.2, 0.25) is 0 Å². The average molecular weight is 1210 g/mol. The van der Waals surface area contributed by atoms with Gasteiger partial charge in [-0.3, -0.25) is 0 Å². The molecule has 16 aromatic rings. The summed E-state index contributed by atoms with van der Waals surface area (Å²) in [6.45, 7) is 13.9. The molecule has 5 heterocycles. The van der Waals surface area contributed by atoms with E-state index in [1.54, 1.807) is 0 Å². The highest BCUT2D eigenvalue weighted by Gasteiger charge is 2.56. The van der Waals surface area contributed by atoms with Crippen LogP contribution in [-0.2, 0) is 10.8 Å². The maximum Gasteiger partial charge on any atom is 0.184 e. The molecule has 0 fully saturated rings. The average Bonchev–Trinajstić information content (AvgIpc) is 0.868. The number of para-hydroxylation sites is 5. The number of benzene rings is 13. The van der Waals surface area contributed by atoms with Crippen molar-refractivity contribution in [3.05, 3.63) is 314 Å². The molecule has 0 saturated heterocycles. The number of rotatable bonds is 7. The number of anilines is 3. The van der Waals surface area contributed by atoms with Gasteiger partial charge in [-0.25, -0.2) is 0 Å². The van der Waals surface area contributed by atoms with E-state index in [2.05, 4.69) is 363 Å². The zero-order chi connectivity index (χ0) is 61.8. The van der Waals surface area contributed by atoms with Crippen molar-refractivity contribution in [3.63, 3.8) is 0 Å². The number of hydrogen-bond acceptors (Lipinski definition) is 1. The van der Waals surface area contributed by atoms with Gasteiger partial charge in [0.1, 0.15) is 0 Å². The molecule has 2 aliphatic rings. The summed E-state index contributed by atoms with van der Waals surface area (Å²) in [5.41, 5.74) is 17.2. The Labute approximate surface area is 539 Å². The fourth-order valence-corrected chi connectivity index (χ4v) is 26.9. The molecule has 0 radical (unpaired) electrons. The van der Waals surface area contributed by atoms with Crippen LogP contribution in [0.25, 0.3) is 82.5 Å². The molecule has 4 nitrogen and oxygen atoms in total. The predicted octanol–water partition coefficient (Wildman–Crippen LogP) is 16.4. The third kappa shape index (κ3) is 7.62. The number of hydrogen-bond donors (Lipinski definition) is 0. The van der Waals surface area contributed by atoms with Crippen molar-refractivity contribution in [2.45, 2.75) is 52.4 Å². The molecule has 92 heavy (non-hydrogen) atoms. The van der Waals surface area contributed by atoms with Crippen molar-refractivity contribution < 1.29 is 0 Å². The fourth-order valence-electron chi connectivity index (χ4n) is 16.5. The summed E-state index contributed by atoms with van der Waals surface area (Å²) < 4.78 is 7.55. The van der Waals surface area contributed by atoms with Gasteiger partial charge >= 0.3 is 0 Å². The Hall–Kier alpha value is -10.5. The largest absolute Gasteiger partial charge is 0.311 e. The minimum absolute atomic E-state index is 0.0102. The molecule has 0 N–H and O–H groups in total. The van der Waals surface area contributed by atoms with Crippen LogP contribution in [0.5, 0.6) is 0 Å². The van der Waals surface area contributed by atoms with E-state index in [9.17, 15) is 0 Å². The van der Waals surface area contributed by atoms with Crippen LogP contribution in [0.1, 0.15) is 52.7 Å². The van der Waals surface area contributed by atoms with Crippen LogP contribution in [0.15, 0.2) is 303 Å². The molecule has 6 heteroatoms. The van der Waals surface area contributed by atoms with Crippen LogP contribution in [0.3, 0.4) is 0 Å². The summed E-state index contributed by atoms with van der Waals surface area (Å²) in [7, 11) is -6.51. The van der Waals surface area contributed by atoms with Crippen LogP contribution < -0.4 is 46.4 Å². The standard InChI is InChI=1S/C86H68N4Si2/c1-85(2,3)57-44-48-75-69(52-57)70-53-58(86(4,5)6)45-49-76(70)88(75)60-46-50-77-71(55-60)68-36-18-21-39-74(68)89(77)61-47-51-79-83(56-61)91(62-27-10-7-11-28-62,63-29-12-8-13-30-63)81-42-25-43-82-84(81)90(79)78-40-22-23-41-80(78)92(82,64-31-14-9-15-32-64)65-33-24-26-59(54-65)87-72-37-19-16-34-66(72)67-35-17-20-38-73(67)87/h7-56H,1-6H3. The topological polar surface area (TPSA) is 18.0 Å². The van der Waals surface area contributed by atoms with E-state index in [1.165, 1.54) is 141 Å². The van der Waals surface area contributed by atoms with Crippen LogP contribution >= 0.6 is 0 Å². The van der Waals surface area contributed by atoms with Crippen LogP contribution in [0, 0.1) is 0 Å². The summed E-state index contributed by atoms with van der Waals surface area (Å²) >= 11 is 0. The molecule has 3 aromatic heterocycles. The molecular formula is C86H68N4Si2. The molecule has 1 atom stereocenters. The Kier molecular flexibility index (Phi) is 11.8. The van der Waals surface area contributed by atoms with E-state index in [0.717, 1.165) is 11.4 Å². The van der Waals surface area contributed by atoms with Crippen molar-refractivity contribution in [1.82, 2.24) is 13.7 Å². The Balaban J connectivity index is 0.895. The summed E-state index contributed by atoms with van der Waals surface area (Å²) in [5.74, 6) is 0. The fraction of sp³-hybridized carbons (Fsp3) is 0.0930. The minimum Gasteiger partial charge on any atom is -0.311 e. The lowest BCUT2D eigenvalue weighted by Gasteiger charge is -2.52. The second-order valence-electron chi connectivity index (χ2n) is 27.6. The molecule has 2 aliphatic heterocycles. The molecule has 1 unspecified atom stereocenters. The normalized spacial score (nSPS) is 15.2. The molecule has 0 saturated carbocycles. The van der Waals surface area contributed by atoms with E-state index < -0.39 is 16.1 Å². The van der Waals surface area contributed by atoms with E-state index >= 15 is 0 Å². The summed E-state index contributed by atoms with van der Waals surface area (Å²) in [5, 5.41) is 18.6. The zero-order valence-electron chi connectivity index (χ0n) is 52.7. The van der Waals surface area contributed by atoms with Crippen LogP contribution in [0.2, 0.25) is 0 Å². The lowest BCUT2D eigenvalue weighted by Crippen LogP contribution is -2.82. The first-order chi connectivity index (χ1) is 44.9. The lowest BCUT2D eigenvalue weighted by atomic mass is 9.85. The third-order valence-electron chi connectivity index (χ3n) is 20.6. The summed E-state index contributed by atoms with van der Waals surface area (Å²) in [6.07, 6.45) is 0. The maximum absolute atomic E-state index is 3.28. The highest BCUT2D eigenvalue weighted by molar-refractivity contribution is 7.24. The SMILES string of the molecule is CC(C)(C)c1ccc2c(c1)c1cc(C(C)(C)C)ccc1n2-c1ccc2c(c1)c1ccccc1n2-c1ccc2c(c1)[Si](c1ccccc1)(c1ccccc1)c1cccc3c1N2c1ccccc1[Si]3(c1ccccc1)c1cccc(-n2c3ccccc3c3ccccc32)c1. The quantitative estimate of drug-likeness (QED) is 0.145. The Morgan fingerprint density at radius 2 is 0.598 bits per heavy atom.